The summed E-state index contributed by atoms with van der Waals surface area (Å²) in [6, 6.07) is 29.5. The van der Waals surface area contributed by atoms with Gasteiger partial charge in [0.05, 0.1) is 39.2 Å². The maximum atomic E-state index is 13.2. The van der Waals surface area contributed by atoms with Crippen LogP contribution in [0, 0.1) is 5.92 Å². The van der Waals surface area contributed by atoms with Crippen LogP contribution >= 0.6 is 0 Å². The highest BCUT2D eigenvalue weighted by Gasteiger charge is 2.49. The van der Waals surface area contributed by atoms with Crippen molar-refractivity contribution < 1.29 is 56.7 Å². The minimum atomic E-state index is -4.73. The van der Waals surface area contributed by atoms with Crippen LogP contribution in [0.25, 0.3) is 0 Å². The molecule has 5 aromatic carbocycles. The number of rotatable bonds is 17. The van der Waals surface area contributed by atoms with Crippen LogP contribution in [0.15, 0.2) is 112 Å². The van der Waals surface area contributed by atoms with E-state index in [0.717, 1.165) is 48.0 Å². The first-order chi connectivity index (χ1) is 52.2. The number of pyridine rings is 1. The molecule has 3 aliphatic rings. The summed E-state index contributed by atoms with van der Waals surface area (Å²) >= 11 is 0. The van der Waals surface area contributed by atoms with E-state index in [1.54, 1.807) is 73.1 Å². The first kappa shape index (κ1) is 103. The van der Waals surface area contributed by atoms with Gasteiger partial charge in [0, 0.05) is 50.2 Å². The van der Waals surface area contributed by atoms with E-state index in [0.29, 0.717) is 56.4 Å². The zero-order valence-electron chi connectivity index (χ0n) is 77.6. The molecule has 116 heavy (non-hydrogen) atoms. The zero-order valence-corrected chi connectivity index (χ0v) is 80.1. The van der Waals surface area contributed by atoms with E-state index in [4.69, 9.17) is 9.47 Å². The van der Waals surface area contributed by atoms with Crippen molar-refractivity contribution in [3.05, 3.63) is 175 Å². The number of nitrogens with zero attached hydrogens (tertiary/aromatic N) is 1. The molecule has 2 heterocycles. The number of benzene rings is 5. The van der Waals surface area contributed by atoms with E-state index in [1.807, 2.05) is 67.5 Å². The highest BCUT2D eigenvalue weighted by atomic mass is 32.2. The lowest BCUT2D eigenvalue weighted by Crippen LogP contribution is -2.41. The third-order valence-electron chi connectivity index (χ3n) is 20.4. The summed E-state index contributed by atoms with van der Waals surface area (Å²) in [6.45, 7) is 75.1. The zero-order chi connectivity index (χ0) is 89.6. The monoisotopic (exact) mass is 1680 g/mol. The first-order valence-corrected chi connectivity index (χ1v) is 46.1. The molecular weight excluding hydrogens is 1530 g/mol. The third kappa shape index (κ3) is 30.7. The Hall–Kier alpha value is -5.77. The van der Waals surface area contributed by atoms with Crippen LogP contribution < -0.4 is 23.6 Å². The standard InChI is InChI=1S/C18H26O.C17H29NO2S.C17H26.C16H27NO.C14H20F3NO2S.C14H21F2NO2S/c1-12(2)13-10-14(17(3,4)5)16-15(11-13)18(6-7-18)8-9-19-16;1-12(2)13-9-10-15(14(11-13)16(3,4)5)21(19,20)18-17(6,7)8;1-12(2)13-9-14(16(3,4)5)11-15(10-13)17(6)7-8-17;1-11(2)10-18-15-9-13(12(3)4)8-14(17-15)16(5,6)7;1-9(2)10-6-7-12(11(8-10)14(15,16)17)21(19,20)18-13(3,4)5;1-9(2)10-6-7-12(11(8-10)13(15)16)20(18,19)17-14(3,4)5/h10-12H,6-9H2,1-5H3;9-12,18H,1-8H3;9-12H,7-8H2,1-6H3;8-9,11-12H,10H2,1-7H3;6-9,18H,1-5H3;6-9,13,17H,1-5H3. The Labute approximate surface area is 700 Å². The molecular formula is C96H149F5N4O8S3. The Morgan fingerprint density at radius 2 is 0.802 bits per heavy atom. The van der Waals surface area contributed by atoms with Crippen LogP contribution in [0.5, 0.6) is 11.6 Å². The molecule has 0 bridgehead atoms. The van der Waals surface area contributed by atoms with Crippen molar-refractivity contribution in [3.63, 3.8) is 0 Å². The molecule has 0 saturated heterocycles. The lowest BCUT2D eigenvalue weighted by molar-refractivity contribution is -0.140. The number of halogens is 5. The Morgan fingerprint density at radius 1 is 0.422 bits per heavy atom. The Kier molecular flexibility index (Phi) is 34.1. The van der Waals surface area contributed by atoms with E-state index in [2.05, 4.69) is 200 Å². The van der Waals surface area contributed by atoms with Crippen LogP contribution in [-0.4, -0.2) is 60.1 Å². The van der Waals surface area contributed by atoms with Crippen LogP contribution in [0.1, 0.15) is 401 Å². The van der Waals surface area contributed by atoms with Gasteiger partial charge in [-0.25, -0.2) is 53.2 Å². The van der Waals surface area contributed by atoms with E-state index in [-0.39, 0.29) is 38.4 Å². The average Bonchev–Trinajstić information content (AvgIpc) is 1.55. The molecule has 0 unspecified atom stereocenters. The summed E-state index contributed by atoms with van der Waals surface area (Å²) in [5.41, 5.74) is 12.0. The fourth-order valence-corrected chi connectivity index (χ4v) is 17.9. The second-order valence-electron chi connectivity index (χ2n) is 42.2. The van der Waals surface area contributed by atoms with Crippen molar-refractivity contribution in [2.45, 2.75) is 393 Å². The van der Waals surface area contributed by atoms with Crippen LogP contribution in [0.4, 0.5) is 22.0 Å². The van der Waals surface area contributed by atoms with E-state index < -0.39 is 75.3 Å². The highest BCUT2D eigenvalue weighted by Crippen LogP contribution is 2.58. The summed E-state index contributed by atoms with van der Waals surface area (Å²) < 4.78 is 159. The van der Waals surface area contributed by atoms with Gasteiger partial charge in [0.1, 0.15) is 5.75 Å². The minimum absolute atomic E-state index is 0.0554. The summed E-state index contributed by atoms with van der Waals surface area (Å²) in [5, 5.41) is 0. The third-order valence-corrected chi connectivity index (χ3v) is 25.9. The molecule has 2 fully saturated rings. The molecule has 0 radical (unpaired) electrons. The van der Waals surface area contributed by atoms with Crippen LogP contribution in [0.2, 0.25) is 0 Å². The molecule has 0 amide bonds. The number of ether oxygens (including phenoxy) is 2. The van der Waals surface area contributed by atoms with Crippen molar-refractivity contribution >= 4 is 30.1 Å². The van der Waals surface area contributed by atoms with E-state index >= 15 is 0 Å². The normalized spacial score (nSPS) is 15.2. The van der Waals surface area contributed by atoms with E-state index in [1.165, 1.54) is 89.4 Å². The average molecular weight is 1680 g/mol. The van der Waals surface area contributed by atoms with Crippen molar-refractivity contribution in [2.75, 3.05) is 13.2 Å². The fraction of sp³-hybridized carbons (Fsp3) is 0.635. The molecule has 9 rings (SSSR count). The number of nitrogens with one attached hydrogen (secondary N) is 3. The van der Waals surface area contributed by atoms with Gasteiger partial charge in [0.15, 0.2) is 0 Å². The second kappa shape index (κ2) is 38.5. The maximum Gasteiger partial charge on any atom is 0.417 e. The van der Waals surface area contributed by atoms with E-state index in [9.17, 15) is 47.2 Å². The van der Waals surface area contributed by atoms with Crippen LogP contribution in [-0.2, 0) is 68.7 Å². The summed E-state index contributed by atoms with van der Waals surface area (Å²) in [6.07, 6.45) is -0.919. The molecule has 6 aromatic rings. The van der Waals surface area contributed by atoms with Gasteiger partial charge in [0.2, 0.25) is 35.9 Å². The van der Waals surface area contributed by atoms with Crippen molar-refractivity contribution in [1.29, 1.82) is 0 Å². The Balaban J connectivity index is 0.000000293. The Bertz CT molecular complexity index is 4460. The summed E-state index contributed by atoms with van der Waals surface area (Å²) in [4.78, 5) is 3.92. The van der Waals surface area contributed by atoms with Crippen molar-refractivity contribution in [1.82, 2.24) is 19.2 Å². The SMILES string of the molecule is CC(C)COc1cc(C(C)C)cc(C(C)(C)C)n1.CC(C)c1cc(C(C)(C)C)c2c(c1)C1(CCO2)CC1.CC(C)c1cc(C(C)(C)C)cc(C2(C)CC2)c1.CC(C)c1ccc(S(=O)(=O)NC(C)(C)C)c(C(C)(C)C)c1.CC(C)c1ccc(S(=O)(=O)NC(C)(C)C)c(C(F)(F)F)c1.CC(C)c1ccc(S(=O)(=O)NC(C)(C)C)c(C(F)F)c1. The van der Waals surface area contributed by atoms with Crippen LogP contribution in [0.3, 0.4) is 0 Å². The molecule has 654 valence electrons. The predicted molar refractivity (Wildman–Crippen MR) is 474 cm³/mol. The Morgan fingerprint density at radius 3 is 1.16 bits per heavy atom. The molecule has 1 spiro atoms. The summed E-state index contributed by atoms with van der Waals surface area (Å²) in [7, 11) is -11.7. The molecule has 1 aromatic heterocycles. The van der Waals surface area contributed by atoms with Gasteiger partial charge in [-0.1, -0.05) is 242 Å². The minimum Gasteiger partial charge on any atom is -0.493 e. The number of hydrogen-bond acceptors (Lipinski definition) is 9. The number of sulfonamides is 3. The summed E-state index contributed by atoms with van der Waals surface area (Å²) in [5.74, 6) is 4.50. The molecule has 2 aliphatic carbocycles. The first-order valence-electron chi connectivity index (χ1n) is 41.7. The number of alkyl halides is 5. The van der Waals surface area contributed by atoms with Gasteiger partial charge in [-0.3, -0.25) is 0 Å². The molecule has 1 aliphatic heterocycles. The molecule has 2 saturated carbocycles. The van der Waals surface area contributed by atoms with Gasteiger partial charge in [-0.05, 0) is 244 Å². The van der Waals surface area contributed by atoms with Gasteiger partial charge >= 0.3 is 6.18 Å². The molecule has 3 N–H and O–H groups in total. The number of hydrogen-bond donors (Lipinski definition) is 3. The second-order valence-corrected chi connectivity index (χ2v) is 47.1. The fourth-order valence-electron chi connectivity index (χ4n) is 12.9. The lowest BCUT2D eigenvalue weighted by Gasteiger charge is -2.33. The smallest absolute Gasteiger partial charge is 0.417 e. The largest absolute Gasteiger partial charge is 0.493 e. The quantitative estimate of drug-likeness (QED) is 0.0752. The van der Waals surface area contributed by atoms with Gasteiger partial charge < -0.3 is 9.47 Å². The topological polar surface area (TPSA) is 170 Å². The molecule has 0 atom stereocenters. The van der Waals surface area contributed by atoms with Gasteiger partial charge in [-0.15, -0.1) is 0 Å². The van der Waals surface area contributed by atoms with Crippen molar-refractivity contribution in [2.24, 2.45) is 5.92 Å². The molecule has 20 heteroatoms. The van der Waals surface area contributed by atoms with Crippen molar-refractivity contribution in [3.8, 4) is 11.6 Å². The lowest BCUT2D eigenvalue weighted by atomic mass is 9.78. The predicted octanol–water partition coefficient (Wildman–Crippen LogP) is 26.5. The van der Waals surface area contributed by atoms with Gasteiger partial charge in [-0.2, -0.15) is 13.2 Å². The maximum absolute atomic E-state index is 13.2. The highest BCUT2D eigenvalue weighted by molar-refractivity contribution is 7.90. The number of fused-ring (bicyclic) bond motifs is 2. The van der Waals surface area contributed by atoms with Gasteiger partial charge in [0.25, 0.3) is 6.43 Å². The number of aromatic nitrogens is 1. The molecule has 12 nitrogen and oxygen atoms in total.